The first-order valence-electron chi connectivity index (χ1n) is 12.5. The van der Waals surface area contributed by atoms with Crippen LogP contribution in [0.2, 0.25) is 0 Å². The fraction of sp³-hybridized carbons (Fsp3) is 0.481. The molecule has 9 heteroatoms. The first-order chi connectivity index (χ1) is 17.2. The summed E-state index contributed by atoms with van der Waals surface area (Å²) in [5, 5.41) is 3.23. The van der Waals surface area contributed by atoms with Gasteiger partial charge >= 0.3 is 0 Å². The summed E-state index contributed by atoms with van der Waals surface area (Å²) in [6.45, 7) is 7.21. The molecule has 0 saturated carbocycles. The molecule has 0 spiro atoms. The Morgan fingerprint density at radius 2 is 1.72 bits per heavy atom. The van der Waals surface area contributed by atoms with Crippen LogP contribution in [0.15, 0.2) is 58.5 Å². The maximum Gasteiger partial charge on any atom is 0.137 e. The molecular formula is C27H34F2N4O2S. The summed E-state index contributed by atoms with van der Waals surface area (Å²) in [6.07, 6.45) is 0.202. The predicted molar refractivity (Wildman–Crippen MR) is 136 cm³/mol. The zero-order valence-electron chi connectivity index (χ0n) is 21.0. The quantitative estimate of drug-likeness (QED) is 0.557. The largest absolute Gasteiger partial charge is 0.370 e. The molecule has 0 aliphatic carbocycles. The van der Waals surface area contributed by atoms with Gasteiger partial charge in [-0.05, 0) is 66.4 Å². The van der Waals surface area contributed by atoms with Crippen molar-refractivity contribution in [3.05, 3.63) is 76.4 Å². The van der Waals surface area contributed by atoms with E-state index in [1.165, 1.54) is 22.8 Å². The van der Waals surface area contributed by atoms with E-state index in [9.17, 15) is 13.0 Å². The number of nitrogens with zero attached hydrogens (tertiary/aromatic N) is 2. The van der Waals surface area contributed by atoms with Crippen molar-refractivity contribution in [1.82, 2.24) is 14.5 Å². The third-order valence-electron chi connectivity index (χ3n) is 7.76. The minimum absolute atomic E-state index is 0.137. The Hall–Kier alpha value is -2.17. The van der Waals surface area contributed by atoms with Gasteiger partial charge in [0.1, 0.15) is 27.7 Å². The van der Waals surface area contributed by atoms with Crippen LogP contribution in [0.4, 0.5) is 8.78 Å². The number of halogens is 2. The minimum atomic E-state index is -3.05. The molecule has 0 radical (unpaired) electrons. The normalized spacial score (nSPS) is 27.0. The van der Waals surface area contributed by atoms with Gasteiger partial charge < -0.3 is 10.1 Å². The van der Waals surface area contributed by atoms with E-state index < -0.39 is 27.7 Å². The average molecular weight is 517 g/mol. The van der Waals surface area contributed by atoms with Gasteiger partial charge in [-0.2, -0.15) is 0 Å². The number of hydrogen-bond acceptors (Lipinski definition) is 5. The molecule has 3 aliphatic rings. The van der Waals surface area contributed by atoms with Gasteiger partial charge in [0.15, 0.2) is 0 Å². The number of nitrogens with one attached hydrogen (secondary N) is 2. The summed E-state index contributed by atoms with van der Waals surface area (Å²) in [4.78, 5) is 2.91. The summed E-state index contributed by atoms with van der Waals surface area (Å²) in [5.41, 5.74) is 3.88. The lowest BCUT2D eigenvalue weighted by Crippen LogP contribution is -2.50. The van der Waals surface area contributed by atoms with Gasteiger partial charge in [0.05, 0.1) is 11.5 Å². The number of hydrogen-bond donors (Lipinski definition) is 2. The molecule has 3 heterocycles. The molecule has 1 saturated heterocycles. The first kappa shape index (κ1) is 25.5. The third kappa shape index (κ3) is 4.75. The molecule has 4 atom stereocenters. The van der Waals surface area contributed by atoms with Gasteiger partial charge in [0.25, 0.3) is 0 Å². The van der Waals surface area contributed by atoms with Gasteiger partial charge in [-0.3, -0.25) is 4.90 Å². The maximum atomic E-state index is 14.4. The van der Waals surface area contributed by atoms with Gasteiger partial charge in [0.2, 0.25) is 0 Å². The summed E-state index contributed by atoms with van der Waals surface area (Å²) in [6, 6.07) is 11.1. The minimum Gasteiger partial charge on any atom is -0.370 e. The van der Waals surface area contributed by atoms with E-state index in [0.717, 1.165) is 31.6 Å². The Bertz CT molecular complexity index is 1250. The fourth-order valence-corrected chi connectivity index (χ4v) is 7.06. The van der Waals surface area contributed by atoms with Crippen LogP contribution < -0.4 is 5.32 Å². The Morgan fingerprint density at radius 1 is 1.06 bits per heavy atom. The van der Waals surface area contributed by atoms with E-state index in [1.54, 1.807) is 4.31 Å². The van der Waals surface area contributed by atoms with Crippen molar-refractivity contribution >= 4 is 9.92 Å². The van der Waals surface area contributed by atoms with Crippen molar-refractivity contribution in [2.45, 2.75) is 49.3 Å². The molecule has 6 nitrogen and oxygen atoms in total. The Labute approximate surface area is 212 Å². The molecule has 2 N–H and O–H groups in total. The van der Waals surface area contributed by atoms with Crippen LogP contribution in [-0.4, -0.2) is 65.3 Å². The van der Waals surface area contributed by atoms with Crippen molar-refractivity contribution in [3.63, 3.8) is 0 Å². The molecular weight excluding hydrogens is 482 g/mol. The summed E-state index contributed by atoms with van der Waals surface area (Å²) < 4.78 is 58.2. The van der Waals surface area contributed by atoms with E-state index in [4.69, 9.17) is 9.52 Å². The van der Waals surface area contributed by atoms with Gasteiger partial charge in [-0.1, -0.05) is 26.0 Å². The maximum absolute atomic E-state index is 14.4. The molecule has 2 aromatic carbocycles. The van der Waals surface area contributed by atoms with Crippen molar-refractivity contribution in [3.8, 4) is 0 Å². The van der Waals surface area contributed by atoms with Crippen LogP contribution in [0.25, 0.3) is 0 Å². The third-order valence-corrected chi connectivity index (χ3v) is 9.66. The molecule has 3 aliphatic heterocycles. The zero-order valence-corrected chi connectivity index (χ0v) is 21.8. The van der Waals surface area contributed by atoms with Crippen molar-refractivity contribution < 1.29 is 17.7 Å². The molecule has 5 rings (SSSR count). The second kappa shape index (κ2) is 9.95. The predicted octanol–water partition coefficient (Wildman–Crippen LogP) is 4.45. The van der Waals surface area contributed by atoms with Crippen LogP contribution >= 0.6 is 0 Å². The molecule has 1 fully saturated rings. The van der Waals surface area contributed by atoms with Gasteiger partial charge in [0, 0.05) is 43.8 Å². The van der Waals surface area contributed by atoms with E-state index in [1.807, 2.05) is 31.3 Å². The highest BCUT2D eigenvalue weighted by atomic mass is 32.2. The Balaban J connectivity index is 1.21. The van der Waals surface area contributed by atoms with E-state index in [-0.39, 0.29) is 17.6 Å². The zero-order chi connectivity index (χ0) is 25.6. The van der Waals surface area contributed by atoms with E-state index >= 15 is 0 Å². The lowest BCUT2D eigenvalue weighted by Gasteiger charge is -2.40. The van der Waals surface area contributed by atoms with Crippen molar-refractivity contribution in [2.75, 3.05) is 39.8 Å². The number of rotatable bonds is 6. The Kier molecular flexibility index (Phi) is 7.04. The van der Waals surface area contributed by atoms with E-state index in [2.05, 4.69) is 24.1 Å². The second-order valence-corrected chi connectivity index (χ2v) is 12.4. The number of benzene rings is 2. The average Bonchev–Trinajstić information content (AvgIpc) is 3.45. The van der Waals surface area contributed by atoms with Gasteiger partial charge in [-0.15, -0.1) is 0 Å². The molecule has 0 amide bonds. The molecule has 4 unspecified atom stereocenters. The Morgan fingerprint density at radius 3 is 2.33 bits per heavy atom. The lowest BCUT2D eigenvalue weighted by molar-refractivity contribution is -0.0539. The van der Waals surface area contributed by atoms with Crippen LogP contribution in [0, 0.1) is 16.4 Å². The number of ether oxygens (including phenoxy) is 1. The fourth-order valence-electron chi connectivity index (χ4n) is 5.58. The summed E-state index contributed by atoms with van der Waals surface area (Å²) in [5.74, 6) is -0.545. The van der Waals surface area contributed by atoms with Crippen LogP contribution in [0.3, 0.4) is 0 Å². The first-order valence-corrected chi connectivity index (χ1v) is 14.0. The topological polar surface area (TPSA) is 68.7 Å². The van der Waals surface area contributed by atoms with Crippen LogP contribution in [-0.2, 0) is 14.7 Å². The molecule has 0 bridgehead atoms. The molecule has 2 aromatic rings. The standard InChI is InChI=1S/C27H34F2N4O2S/c1-17(2)18-4-7-23(8-5-18)36(30,34)33-14-19-12-32(13-20(19)15-33)22-11-26(31-3)27(35-16-22)24-10-21(28)6-9-25(24)29/h4-10,17,22,26-27,30-31H,11-16H2,1-3H3. The lowest BCUT2D eigenvalue weighted by atomic mass is 9.92. The van der Waals surface area contributed by atoms with E-state index in [0.29, 0.717) is 30.5 Å². The van der Waals surface area contributed by atoms with Crippen LogP contribution in [0.1, 0.15) is 43.4 Å². The van der Waals surface area contributed by atoms with Crippen LogP contribution in [0.5, 0.6) is 0 Å². The number of likely N-dealkylation sites (N-methyl/N-ethyl adjacent to an activating group) is 1. The smallest absolute Gasteiger partial charge is 0.137 e. The van der Waals surface area contributed by atoms with Crippen molar-refractivity contribution in [1.29, 1.82) is 4.78 Å². The molecule has 0 aromatic heterocycles. The second-order valence-electron chi connectivity index (χ2n) is 10.4. The van der Waals surface area contributed by atoms with Crippen molar-refractivity contribution in [2.24, 2.45) is 0 Å². The van der Waals surface area contributed by atoms with Gasteiger partial charge in [-0.25, -0.2) is 22.1 Å². The SMILES string of the molecule is CNC1CC(N2CC3=C(C2)CN(S(=N)(=O)c2ccc(C(C)C)cc2)C3)COC1c1cc(F)ccc1F. The highest BCUT2D eigenvalue weighted by molar-refractivity contribution is 7.90. The monoisotopic (exact) mass is 516 g/mol. The summed E-state index contributed by atoms with van der Waals surface area (Å²) in [7, 11) is -1.23. The molecule has 36 heavy (non-hydrogen) atoms. The highest BCUT2D eigenvalue weighted by Gasteiger charge is 2.40. The highest BCUT2D eigenvalue weighted by Crippen LogP contribution is 2.36. The molecule has 194 valence electrons. The summed E-state index contributed by atoms with van der Waals surface area (Å²) >= 11 is 0.